The predicted octanol–water partition coefficient (Wildman–Crippen LogP) is 4.55. The molecule has 0 spiro atoms. The Morgan fingerprint density at radius 2 is 1.76 bits per heavy atom. The number of benzene rings is 3. The zero-order chi connectivity index (χ0) is 14.8. The van der Waals surface area contributed by atoms with E-state index in [4.69, 9.17) is 22.1 Å². The van der Waals surface area contributed by atoms with Crippen LogP contribution in [0.1, 0.15) is 17.2 Å². The van der Waals surface area contributed by atoms with Crippen molar-refractivity contribution in [3.8, 4) is 5.75 Å². The van der Waals surface area contributed by atoms with Gasteiger partial charge in [0.25, 0.3) is 0 Å². The van der Waals surface area contributed by atoms with E-state index in [1.807, 2.05) is 36.4 Å². The molecule has 1 atom stereocenters. The molecule has 21 heavy (non-hydrogen) atoms. The quantitative estimate of drug-likeness (QED) is 0.770. The molecular formula is C18H16ClNO. The lowest BCUT2D eigenvalue weighted by Crippen LogP contribution is -2.12. The van der Waals surface area contributed by atoms with Crippen molar-refractivity contribution in [2.24, 2.45) is 5.73 Å². The average Bonchev–Trinajstić information content (AvgIpc) is 2.54. The number of fused-ring (bicyclic) bond motifs is 1. The van der Waals surface area contributed by atoms with Gasteiger partial charge in [0.15, 0.2) is 0 Å². The monoisotopic (exact) mass is 297 g/mol. The van der Waals surface area contributed by atoms with Crippen LogP contribution >= 0.6 is 11.6 Å². The number of hydrogen-bond acceptors (Lipinski definition) is 2. The summed E-state index contributed by atoms with van der Waals surface area (Å²) in [5.74, 6) is 0.643. The van der Waals surface area contributed by atoms with Gasteiger partial charge in [0, 0.05) is 0 Å². The van der Waals surface area contributed by atoms with Crippen molar-refractivity contribution in [3.63, 3.8) is 0 Å². The van der Waals surface area contributed by atoms with Crippen LogP contribution in [0.2, 0.25) is 5.02 Å². The molecule has 3 rings (SSSR count). The number of ether oxygens (including phenoxy) is 1. The molecule has 0 fully saturated rings. The minimum absolute atomic E-state index is 0.220. The maximum atomic E-state index is 6.46. The Labute approximate surface area is 129 Å². The summed E-state index contributed by atoms with van der Waals surface area (Å²) in [6.07, 6.45) is 0. The summed E-state index contributed by atoms with van der Waals surface area (Å²) >= 11 is 6.08. The number of methoxy groups -OCH3 is 1. The summed E-state index contributed by atoms with van der Waals surface area (Å²) < 4.78 is 5.27. The Morgan fingerprint density at radius 3 is 2.57 bits per heavy atom. The standard InChI is InChI=1S/C18H16ClNO/c1-21-17-11-13(9-10-16(17)19)18(20)15-8-4-6-12-5-2-3-7-14(12)15/h2-11,18H,20H2,1H3. The third-order valence-electron chi connectivity index (χ3n) is 3.69. The first-order valence-corrected chi connectivity index (χ1v) is 7.15. The van der Waals surface area contributed by atoms with E-state index in [1.54, 1.807) is 7.11 Å². The first-order chi connectivity index (χ1) is 10.2. The minimum atomic E-state index is -0.220. The molecule has 3 heteroatoms. The van der Waals surface area contributed by atoms with E-state index in [-0.39, 0.29) is 6.04 Å². The maximum Gasteiger partial charge on any atom is 0.137 e. The molecule has 0 radical (unpaired) electrons. The van der Waals surface area contributed by atoms with Gasteiger partial charge in [-0.25, -0.2) is 0 Å². The molecule has 2 nitrogen and oxygen atoms in total. The highest BCUT2D eigenvalue weighted by Crippen LogP contribution is 2.32. The molecule has 3 aromatic carbocycles. The van der Waals surface area contributed by atoms with Crippen LogP contribution in [0, 0.1) is 0 Å². The van der Waals surface area contributed by atoms with Gasteiger partial charge >= 0.3 is 0 Å². The van der Waals surface area contributed by atoms with E-state index in [9.17, 15) is 0 Å². The summed E-state index contributed by atoms with van der Waals surface area (Å²) in [6.45, 7) is 0. The average molecular weight is 298 g/mol. The van der Waals surface area contributed by atoms with Crippen LogP contribution in [0.3, 0.4) is 0 Å². The highest BCUT2D eigenvalue weighted by Gasteiger charge is 2.13. The molecule has 0 heterocycles. The third-order valence-corrected chi connectivity index (χ3v) is 4.00. The predicted molar refractivity (Wildman–Crippen MR) is 88.0 cm³/mol. The lowest BCUT2D eigenvalue weighted by atomic mass is 9.94. The van der Waals surface area contributed by atoms with Gasteiger partial charge in [-0.1, -0.05) is 60.1 Å². The van der Waals surface area contributed by atoms with Crippen molar-refractivity contribution in [3.05, 3.63) is 76.8 Å². The van der Waals surface area contributed by atoms with Crippen LogP contribution in [0.25, 0.3) is 10.8 Å². The number of halogens is 1. The molecule has 106 valence electrons. The van der Waals surface area contributed by atoms with Gasteiger partial charge in [-0.05, 0) is 34.0 Å². The van der Waals surface area contributed by atoms with E-state index < -0.39 is 0 Å². The third kappa shape index (κ3) is 2.60. The van der Waals surface area contributed by atoms with Crippen LogP contribution in [-0.4, -0.2) is 7.11 Å². The second-order valence-corrected chi connectivity index (χ2v) is 5.35. The summed E-state index contributed by atoms with van der Waals surface area (Å²) in [6, 6.07) is 19.9. The van der Waals surface area contributed by atoms with Crippen molar-refractivity contribution < 1.29 is 4.74 Å². The van der Waals surface area contributed by atoms with Gasteiger partial charge in [-0.3, -0.25) is 0 Å². The van der Waals surface area contributed by atoms with Crippen LogP contribution in [0.4, 0.5) is 0 Å². The zero-order valence-electron chi connectivity index (χ0n) is 11.7. The van der Waals surface area contributed by atoms with Gasteiger partial charge in [0.1, 0.15) is 5.75 Å². The van der Waals surface area contributed by atoms with Gasteiger partial charge in [-0.15, -0.1) is 0 Å². The molecule has 3 aromatic rings. The first-order valence-electron chi connectivity index (χ1n) is 6.77. The van der Waals surface area contributed by atoms with E-state index in [0.29, 0.717) is 10.8 Å². The van der Waals surface area contributed by atoms with Crippen molar-refractivity contribution in [1.82, 2.24) is 0 Å². The summed E-state index contributed by atoms with van der Waals surface area (Å²) in [5, 5.41) is 2.94. The molecule has 0 aliphatic rings. The molecule has 0 saturated carbocycles. The van der Waals surface area contributed by atoms with Crippen LogP contribution in [0.15, 0.2) is 60.7 Å². The number of nitrogens with two attached hydrogens (primary N) is 1. The first kappa shape index (κ1) is 13.9. The summed E-state index contributed by atoms with van der Waals surface area (Å²) in [7, 11) is 1.61. The van der Waals surface area contributed by atoms with Gasteiger partial charge in [0.2, 0.25) is 0 Å². The maximum absolute atomic E-state index is 6.46. The fourth-order valence-electron chi connectivity index (χ4n) is 2.57. The van der Waals surface area contributed by atoms with Crippen molar-refractivity contribution in [2.45, 2.75) is 6.04 Å². The Bertz CT molecular complexity index is 780. The van der Waals surface area contributed by atoms with Crippen molar-refractivity contribution in [2.75, 3.05) is 7.11 Å². The molecule has 0 aromatic heterocycles. The van der Waals surface area contributed by atoms with E-state index in [1.165, 1.54) is 10.8 Å². The minimum Gasteiger partial charge on any atom is -0.495 e. The van der Waals surface area contributed by atoms with Gasteiger partial charge in [-0.2, -0.15) is 0 Å². The Morgan fingerprint density at radius 1 is 1.00 bits per heavy atom. The topological polar surface area (TPSA) is 35.2 Å². The van der Waals surface area contributed by atoms with Crippen LogP contribution in [0.5, 0.6) is 5.75 Å². The smallest absolute Gasteiger partial charge is 0.137 e. The molecule has 0 bridgehead atoms. The van der Waals surface area contributed by atoms with Crippen molar-refractivity contribution in [1.29, 1.82) is 0 Å². The van der Waals surface area contributed by atoms with Crippen molar-refractivity contribution >= 4 is 22.4 Å². The number of rotatable bonds is 3. The fourth-order valence-corrected chi connectivity index (χ4v) is 2.77. The highest BCUT2D eigenvalue weighted by atomic mass is 35.5. The lowest BCUT2D eigenvalue weighted by Gasteiger charge is -2.16. The molecule has 1 unspecified atom stereocenters. The van der Waals surface area contributed by atoms with Gasteiger partial charge < -0.3 is 10.5 Å². The second-order valence-electron chi connectivity index (χ2n) is 4.94. The SMILES string of the molecule is COc1cc(C(N)c2cccc3ccccc23)ccc1Cl. The second kappa shape index (κ2) is 5.76. The van der Waals surface area contributed by atoms with E-state index in [2.05, 4.69) is 24.3 Å². The Hall–Kier alpha value is -2.03. The summed E-state index contributed by atoms with van der Waals surface area (Å²) in [5.41, 5.74) is 8.53. The molecule has 0 saturated heterocycles. The molecule has 0 amide bonds. The summed E-state index contributed by atoms with van der Waals surface area (Å²) in [4.78, 5) is 0. The largest absolute Gasteiger partial charge is 0.495 e. The van der Waals surface area contributed by atoms with E-state index in [0.717, 1.165) is 11.1 Å². The highest BCUT2D eigenvalue weighted by molar-refractivity contribution is 6.32. The normalized spacial score (nSPS) is 12.3. The molecule has 0 aliphatic carbocycles. The zero-order valence-corrected chi connectivity index (χ0v) is 12.5. The number of hydrogen-bond donors (Lipinski definition) is 1. The van der Waals surface area contributed by atoms with Crippen LogP contribution < -0.4 is 10.5 Å². The molecular weight excluding hydrogens is 282 g/mol. The van der Waals surface area contributed by atoms with E-state index >= 15 is 0 Å². The Balaban J connectivity index is 2.10. The Kier molecular flexibility index (Phi) is 3.82. The lowest BCUT2D eigenvalue weighted by molar-refractivity contribution is 0.414. The molecule has 0 aliphatic heterocycles. The van der Waals surface area contributed by atoms with Crippen LogP contribution in [-0.2, 0) is 0 Å². The fraction of sp³-hybridized carbons (Fsp3) is 0.111. The van der Waals surface area contributed by atoms with Gasteiger partial charge in [0.05, 0.1) is 18.2 Å². The molecule has 2 N–H and O–H groups in total.